The van der Waals surface area contributed by atoms with E-state index in [0.717, 1.165) is 29.7 Å². The Bertz CT molecular complexity index is 925. The first kappa shape index (κ1) is 20.2. The second-order valence-corrected chi connectivity index (χ2v) is 8.83. The molecule has 1 amide bonds. The van der Waals surface area contributed by atoms with Gasteiger partial charge in [0.05, 0.1) is 16.9 Å². The molecule has 0 saturated heterocycles. The molecule has 2 heterocycles. The Morgan fingerprint density at radius 1 is 1.36 bits per heavy atom. The van der Waals surface area contributed by atoms with Gasteiger partial charge in [0.1, 0.15) is 11.1 Å². The van der Waals surface area contributed by atoms with Gasteiger partial charge >= 0.3 is 5.97 Å². The molecule has 0 aliphatic heterocycles. The minimum Gasteiger partial charge on any atom is -0.456 e. The third-order valence-corrected chi connectivity index (χ3v) is 6.67. The van der Waals surface area contributed by atoms with E-state index in [1.165, 1.54) is 22.7 Å². The van der Waals surface area contributed by atoms with Crippen LogP contribution in [0.25, 0.3) is 0 Å². The first-order valence-corrected chi connectivity index (χ1v) is 10.7. The van der Waals surface area contributed by atoms with Crippen LogP contribution in [0.15, 0.2) is 17.5 Å². The second-order valence-electron chi connectivity index (χ2n) is 6.78. The number of ether oxygens (including phenoxy) is 1. The average molecular weight is 417 g/mol. The van der Waals surface area contributed by atoms with Gasteiger partial charge in [-0.05, 0) is 42.2 Å². The molecule has 0 fully saturated rings. The van der Waals surface area contributed by atoms with E-state index >= 15 is 0 Å². The summed E-state index contributed by atoms with van der Waals surface area (Å²) in [5, 5.41) is 14.5. The number of fused-ring (bicyclic) bond motifs is 1. The number of amides is 1. The van der Waals surface area contributed by atoms with Crippen molar-refractivity contribution in [2.24, 2.45) is 5.92 Å². The number of hydrogen-bond acceptors (Lipinski definition) is 7. The van der Waals surface area contributed by atoms with Crippen LogP contribution in [0.1, 0.15) is 51.9 Å². The van der Waals surface area contributed by atoms with Gasteiger partial charge in [0.15, 0.2) is 12.4 Å². The molecule has 8 heteroatoms. The minimum atomic E-state index is -0.597. The number of ketones is 1. The summed E-state index contributed by atoms with van der Waals surface area (Å²) in [4.78, 5) is 37.5. The fourth-order valence-corrected chi connectivity index (χ4v) is 5.19. The van der Waals surface area contributed by atoms with Gasteiger partial charge in [-0.15, -0.1) is 22.7 Å². The van der Waals surface area contributed by atoms with Crippen molar-refractivity contribution in [2.45, 2.75) is 39.0 Å². The lowest BCUT2D eigenvalue weighted by Crippen LogP contribution is -2.21. The Kier molecular flexibility index (Phi) is 6.60. The summed E-state index contributed by atoms with van der Waals surface area (Å²) in [6, 6.07) is 5.67. The quantitative estimate of drug-likeness (QED) is 0.544. The Balaban J connectivity index is 1.49. The fourth-order valence-electron chi connectivity index (χ4n) is 3.11. The highest BCUT2D eigenvalue weighted by molar-refractivity contribution is 7.16. The maximum Gasteiger partial charge on any atom is 0.306 e. The van der Waals surface area contributed by atoms with Gasteiger partial charge in [0, 0.05) is 11.3 Å². The zero-order chi connectivity index (χ0) is 20.1. The molecule has 6 nitrogen and oxygen atoms in total. The number of rotatable bonds is 7. The smallest absolute Gasteiger partial charge is 0.306 e. The summed E-state index contributed by atoms with van der Waals surface area (Å²) in [7, 11) is 0. The molecular weight excluding hydrogens is 396 g/mol. The van der Waals surface area contributed by atoms with Gasteiger partial charge in [-0.1, -0.05) is 13.0 Å². The summed E-state index contributed by atoms with van der Waals surface area (Å²) in [6.45, 7) is 1.74. The van der Waals surface area contributed by atoms with Crippen molar-refractivity contribution in [3.63, 3.8) is 0 Å². The molecule has 0 saturated carbocycles. The Labute approximate surface area is 171 Å². The highest BCUT2D eigenvalue weighted by Crippen LogP contribution is 2.39. The van der Waals surface area contributed by atoms with E-state index in [1.807, 2.05) is 0 Å². The first-order valence-electron chi connectivity index (χ1n) is 9.04. The number of carbonyl (C=O) groups is 3. The topological polar surface area (TPSA) is 96.3 Å². The number of Topliss-reactive ketones (excluding diaryl/α,β-unsaturated/α-hetero) is 1. The SMILES string of the molecule is CC1CCc2c(sc(NC(=O)COC(=O)CCC(=O)c3cccs3)c2C#N)C1. The first-order chi connectivity index (χ1) is 13.5. The highest BCUT2D eigenvalue weighted by Gasteiger charge is 2.24. The van der Waals surface area contributed by atoms with E-state index in [-0.39, 0.29) is 18.6 Å². The lowest BCUT2D eigenvalue weighted by atomic mass is 9.89. The zero-order valence-electron chi connectivity index (χ0n) is 15.4. The van der Waals surface area contributed by atoms with Crippen molar-refractivity contribution in [3.8, 4) is 6.07 Å². The van der Waals surface area contributed by atoms with Gasteiger partial charge in [0.25, 0.3) is 5.91 Å². The van der Waals surface area contributed by atoms with Crippen LogP contribution in [0.3, 0.4) is 0 Å². The largest absolute Gasteiger partial charge is 0.456 e. The molecule has 0 radical (unpaired) electrons. The lowest BCUT2D eigenvalue weighted by Gasteiger charge is -2.17. The molecule has 1 atom stereocenters. The van der Waals surface area contributed by atoms with E-state index in [0.29, 0.717) is 21.4 Å². The number of carbonyl (C=O) groups excluding carboxylic acids is 3. The number of anilines is 1. The van der Waals surface area contributed by atoms with Gasteiger partial charge in [-0.3, -0.25) is 14.4 Å². The molecule has 0 aromatic carbocycles. The van der Waals surface area contributed by atoms with Crippen LogP contribution in [0, 0.1) is 17.2 Å². The van der Waals surface area contributed by atoms with Crippen molar-refractivity contribution in [1.29, 1.82) is 5.26 Å². The van der Waals surface area contributed by atoms with Gasteiger partial charge in [-0.2, -0.15) is 5.26 Å². The van der Waals surface area contributed by atoms with Crippen molar-refractivity contribution < 1.29 is 19.1 Å². The van der Waals surface area contributed by atoms with Crippen LogP contribution < -0.4 is 5.32 Å². The Hall–Kier alpha value is -2.50. The predicted molar refractivity (Wildman–Crippen MR) is 108 cm³/mol. The van der Waals surface area contributed by atoms with Crippen LogP contribution in [0.2, 0.25) is 0 Å². The molecule has 28 heavy (non-hydrogen) atoms. The van der Waals surface area contributed by atoms with Crippen LogP contribution in [0.5, 0.6) is 0 Å². The van der Waals surface area contributed by atoms with Crippen molar-refractivity contribution >= 4 is 45.3 Å². The van der Waals surface area contributed by atoms with Gasteiger partial charge in [-0.25, -0.2) is 0 Å². The molecule has 0 bridgehead atoms. The fraction of sp³-hybridized carbons (Fsp3) is 0.400. The summed E-state index contributed by atoms with van der Waals surface area (Å²) in [5.41, 5.74) is 1.55. The molecule has 2 aromatic heterocycles. The van der Waals surface area contributed by atoms with Crippen LogP contribution in [-0.2, 0) is 27.2 Å². The maximum atomic E-state index is 12.1. The second kappa shape index (κ2) is 9.13. The zero-order valence-corrected chi connectivity index (χ0v) is 17.1. The number of hydrogen-bond donors (Lipinski definition) is 1. The number of esters is 1. The molecule has 1 aliphatic carbocycles. The lowest BCUT2D eigenvalue weighted by molar-refractivity contribution is -0.147. The number of nitrogens with zero attached hydrogens (tertiary/aromatic N) is 1. The molecule has 1 N–H and O–H groups in total. The summed E-state index contributed by atoms with van der Waals surface area (Å²) < 4.78 is 4.96. The van der Waals surface area contributed by atoms with Crippen LogP contribution >= 0.6 is 22.7 Å². The number of nitrogens with one attached hydrogen (secondary N) is 1. The summed E-state index contributed by atoms with van der Waals surface area (Å²) in [5.74, 6) is -0.631. The van der Waals surface area contributed by atoms with Gasteiger partial charge in [0.2, 0.25) is 0 Å². The third kappa shape index (κ3) is 4.86. The maximum absolute atomic E-state index is 12.1. The standard InChI is InChI=1S/C20H20N2O4S2/c1-12-4-5-13-14(10-21)20(28-17(13)9-12)22-18(24)11-26-19(25)7-6-15(23)16-3-2-8-27-16/h2-3,8,12H,4-7,9,11H2,1H3,(H,22,24). The molecule has 3 rings (SSSR count). The molecule has 0 spiro atoms. The average Bonchev–Trinajstić information content (AvgIpc) is 3.31. The molecule has 1 unspecified atom stereocenters. The summed E-state index contributed by atoms with van der Waals surface area (Å²) >= 11 is 2.75. The minimum absolute atomic E-state index is 0.0510. The van der Waals surface area contributed by atoms with Crippen LogP contribution in [-0.4, -0.2) is 24.3 Å². The van der Waals surface area contributed by atoms with E-state index < -0.39 is 18.5 Å². The van der Waals surface area contributed by atoms with Crippen molar-refractivity contribution in [3.05, 3.63) is 38.4 Å². The van der Waals surface area contributed by atoms with E-state index in [4.69, 9.17) is 4.74 Å². The van der Waals surface area contributed by atoms with E-state index in [9.17, 15) is 19.6 Å². The molecule has 2 aromatic rings. The molecule has 146 valence electrons. The van der Waals surface area contributed by atoms with E-state index in [2.05, 4.69) is 18.3 Å². The molecular formula is C20H20N2O4S2. The van der Waals surface area contributed by atoms with Crippen LogP contribution in [0.4, 0.5) is 5.00 Å². The van der Waals surface area contributed by atoms with Gasteiger partial charge < -0.3 is 10.1 Å². The monoisotopic (exact) mass is 416 g/mol. The predicted octanol–water partition coefficient (Wildman–Crippen LogP) is 3.95. The van der Waals surface area contributed by atoms with Crippen molar-refractivity contribution in [1.82, 2.24) is 0 Å². The number of thiophene rings is 2. The summed E-state index contributed by atoms with van der Waals surface area (Å²) in [6.07, 6.45) is 2.78. The van der Waals surface area contributed by atoms with Crippen molar-refractivity contribution in [2.75, 3.05) is 11.9 Å². The molecule has 1 aliphatic rings. The van der Waals surface area contributed by atoms with E-state index in [1.54, 1.807) is 17.5 Å². The highest BCUT2D eigenvalue weighted by atomic mass is 32.1. The Morgan fingerprint density at radius 3 is 2.89 bits per heavy atom. The number of nitriles is 1. The third-order valence-electron chi connectivity index (χ3n) is 4.59. The normalized spacial score (nSPS) is 15.4. The Morgan fingerprint density at radius 2 is 2.18 bits per heavy atom.